The summed E-state index contributed by atoms with van der Waals surface area (Å²) in [6, 6.07) is 9.16. The molecule has 34 heavy (non-hydrogen) atoms. The van der Waals surface area contributed by atoms with E-state index in [1.165, 1.54) is 28.6 Å². The maximum atomic E-state index is 13.4. The summed E-state index contributed by atoms with van der Waals surface area (Å²) in [4.78, 5) is 24.2. The van der Waals surface area contributed by atoms with E-state index in [9.17, 15) is 26.8 Å². The van der Waals surface area contributed by atoms with Crippen molar-refractivity contribution < 1.29 is 26.8 Å². The van der Waals surface area contributed by atoms with Crippen LogP contribution in [0.5, 0.6) is 0 Å². The second-order valence-corrected chi connectivity index (χ2v) is 10.2. The predicted molar refractivity (Wildman–Crippen MR) is 123 cm³/mol. The van der Waals surface area contributed by atoms with Gasteiger partial charge in [0.25, 0.3) is 0 Å². The minimum atomic E-state index is -3.82. The molecule has 0 radical (unpaired) electrons. The van der Waals surface area contributed by atoms with Crippen molar-refractivity contribution in [2.75, 3.05) is 19.6 Å². The van der Waals surface area contributed by atoms with Crippen LogP contribution in [0.1, 0.15) is 36.8 Å². The highest BCUT2D eigenvalue weighted by Crippen LogP contribution is 2.28. The molecule has 0 saturated carbocycles. The van der Waals surface area contributed by atoms with Crippen LogP contribution in [-0.4, -0.2) is 50.2 Å². The van der Waals surface area contributed by atoms with Gasteiger partial charge >= 0.3 is 11.8 Å². The Morgan fingerprint density at radius 3 is 2.29 bits per heavy atom. The quantitative estimate of drug-likeness (QED) is 0.553. The van der Waals surface area contributed by atoms with Crippen molar-refractivity contribution in [1.29, 1.82) is 0 Å². The fourth-order valence-corrected chi connectivity index (χ4v) is 6.02. The van der Waals surface area contributed by atoms with Crippen LogP contribution in [0, 0.1) is 18.6 Å². The molecule has 3 rings (SSSR count). The van der Waals surface area contributed by atoms with E-state index in [1.807, 2.05) is 0 Å². The molecule has 1 saturated heterocycles. The summed E-state index contributed by atoms with van der Waals surface area (Å²) in [7, 11) is -3.82. The van der Waals surface area contributed by atoms with Gasteiger partial charge in [0.2, 0.25) is 10.0 Å². The first-order chi connectivity index (χ1) is 16.2. The summed E-state index contributed by atoms with van der Waals surface area (Å²) in [6.45, 7) is 2.28. The molecule has 1 heterocycles. The first-order valence-electron chi connectivity index (χ1n) is 11.3. The van der Waals surface area contributed by atoms with Gasteiger partial charge in [-0.15, -0.1) is 0 Å². The number of piperidine rings is 1. The van der Waals surface area contributed by atoms with Gasteiger partial charge in [0.05, 0.1) is 4.90 Å². The molecule has 2 aromatic rings. The zero-order valence-corrected chi connectivity index (χ0v) is 19.8. The zero-order valence-electron chi connectivity index (χ0n) is 19.0. The lowest BCUT2D eigenvalue weighted by atomic mass is 10.0. The highest BCUT2D eigenvalue weighted by Gasteiger charge is 2.34. The van der Waals surface area contributed by atoms with E-state index in [0.29, 0.717) is 31.4 Å². The third-order valence-corrected chi connectivity index (χ3v) is 7.99. The number of aryl methyl sites for hydroxylation is 1. The molecule has 2 amide bonds. The third kappa shape index (κ3) is 6.60. The molecule has 0 spiro atoms. The number of carbonyl (C=O) groups excluding carboxylic acids is 2. The second kappa shape index (κ2) is 11.5. The minimum Gasteiger partial charge on any atom is -0.348 e. The van der Waals surface area contributed by atoms with Crippen molar-refractivity contribution in [1.82, 2.24) is 14.9 Å². The molecule has 10 heteroatoms. The van der Waals surface area contributed by atoms with Gasteiger partial charge in [-0.3, -0.25) is 9.59 Å². The van der Waals surface area contributed by atoms with Crippen LogP contribution < -0.4 is 10.6 Å². The molecule has 0 bridgehead atoms. The smallest absolute Gasteiger partial charge is 0.309 e. The van der Waals surface area contributed by atoms with E-state index in [1.54, 1.807) is 19.1 Å². The average molecular weight is 494 g/mol. The van der Waals surface area contributed by atoms with Crippen LogP contribution in [0.25, 0.3) is 0 Å². The normalized spacial score (nSPS) is 16.7. The van der Waals surface area contributed by atoms with E-state index in [0.717, 1.165) is 24.5 Å². The summed E-state index contributed by atoms with van der Waals surface area (Å²) in [5.74, 6) is -2.41. The first kappa shape index (κ1) is 25.8. The Balaban J connectivity index is 1.50. The number of carbonyl (C=O) groups is 2. The van der Waals surface area contributed by atoms with Crippen LogP contribution in [0.3, 0.4) is 0 Å². The van der Waals surface area contributed by atoms with Crippen molar-refractivity contribution in [3.8, 4) is 0 Å². The van der Waals surface area contributed by atoms with E-state index >= 15 is 0 Å². The Morgan fingerprint density at radius 2 is 1.62 bits per heavy atom. The van der Waals surface area contributed by atoms with Crippen molar-refractivity contribution in [3.63, 3.8) is 0 Å². The molecular formula is C24H29F2N3O4S. The Morgan fingerprint density at radius 1 is 0.971 bits per heavy atom. The van der Waals surface area contributed by atoms with Gasteiger partial charge < -0.3 is 10.6 Å². The maximum Gasteiger partial charge on any atom is 0.309 e. The molecule has 1 fully saturated rings. The van der Waals surface area contributed by atoms with Crippen molar-refractivity contribution in [2.24, 2.45) is 0 Å². The average Bonchev–Trinajstić information content (AvgIpc) is 2.80. The Bertz CT molecular complexity index is 1120. The molecule has 0 unspecified atom stereocenters. The van der Waals surface area contributed by atoms with Crippen LogP contribution in [-0.2, 0) is 26.0 Å². The van der Waals surface area contributed by atoms with Crippen LogP contribution in [0.4, 0.5) is 8.78 Å². The minimum absolute atomic E-state index is 0.0744. The summed E-state index contributed by atoms with van der Waals surface area (Å²) in [5.41, 5.74) is 1.17. The maximum absolute atomic E-state index is 13.4. The van der Waals surface area contributed by atoms with Crippen molar-refractivity contribution in [3.05, 3.63) is 65.2 Å². The summed E-state index contributed by atoms with van der Waals surface area (Å²) in [5, 5.41) is 5.06. The van der Waals surface area contributed by atoms with Gasteiger partial charge in [-0.05, 0) is 74.1 Å². The zero-order chi connectivity index (χ0) is 24.7. The lowest BCUT2D eigenvalue weighted by Crippen LogP contribution is -2.46. The molecule has 184 valence electrons. The van der Waals surface area contributed by atoms with Gasteiger partial charge in [0.1, 0.15) is 11.6 Å². The Hall–Kier alpha value is -2.85. The molecule has 0 aromatic heterocycles. The van der Waals surface area contributed by atoms with Gasteiger partial charge in [0.15, 0.2) is 0 Å². The SMILES string of the molecule is Cc1cc(F)ccc1S(=O)(=O)N1CCCC[C@H]1CCNC(=O)C(=O)NCCc1ccc(F)cc1. The lowest BCUT2D eigenvalue weighted by Gasteiger charge is -2.35. The number of halogens is 2. The Kier molecular flexibility index (Phi) is 8.73. The summed E-state index contributed by atoms with van der Waals surface area (Å²) in [6.07, 6.45) is 3.03. The predicted octanol–water partition coefficient (Wildman–Crippen LogP) is 2.68. The van der Waals surface area contributed by atoms with Crippen LogP contribution in [0.15, 0.2) is 47.4 Å². The molecule has 0 aliphatic carbocycles. The third-order valence-electron chi connectivity index (χ3n) is 5.88. The van der Waals surface area contributed by atoms with Crippen molar-refractivity contribution >= 4 is 21.8 Å². The molecule has 1 aliphatic rings. The number of hydrogen-bond donors (Lipinski definition) is 2. The van der Waals surface area contributed by atoms with E-state index < -0.39 is 27.7 Å². The molecule has 2 N–H and O–H groups in total. The molecule has 1 atom stereocenters. The van der Waals surface area contributed by atoms with Crippen LogP contribution in [0.2, 0.25) is 0 Å². The fraction of sp³-hybridized carbons (Fsp3) is 0.417. The highest BCUT2D eigenvalue weighted by atomic mass is 32.2. The largest absolute Gasteiger partial charge is 0.348 e. The number of benzene rings is 2. The number of rotatable bonds is 8. The topological polar surface area (TPSA) is 95.6 Å². The van der Waals surface area contributed by atoms with Crippen LogP contribution >= 0.6 is 0 Å². The standard InChI is InChI=1S/C24H29F2N3O4S/c1-17-16-20(26)9-10-22(17)34(32,33)29-15-3-2-4-21(29)12-14-28-24(31)23(30)27-13-11-18-5-7-19(25)8-6-18/h5-10,16,21H,2-4,11-15H2,1H3,(H,27,30)(H,28,31)/t21-/m0/s1. The fourth-order valence-electron chi connectivity index (χ4n) is 4.09. The second-order valence-electron chi connectivity index (χ2n) is 8.35. The monoisotopic (exact) mass is 493 g/mol. The summed E-state index contributed by atoms with van der Waals surface area (Å²) >= 11 is 0. The number of sulfonamides is 1. The lowest BCUT2D eigenvalue weighted by molar-refractivity contribution is -0.139. The van der Waals surface area contributed by atoms with Gasteiger partial charge in [-0.2, -0.15) is 4.31 Å². The molecular weight excluding hydrogens is 464 g/mol. The Labute approximate surface area is 198 Å². The highest BCUT2D eigenvalue weighted by molar-refractivity contribution is 7.89. The molecule has 1 aliphatic heterocycles. The molecule has 7 nitrogen and oxygen atoms in total. The number of amides is 2. The first-order valence-corrected chi connectivity index (χ1v) is 12.7. The number of hydrogen-bond acceptors (Lipinski definition) is 4. The number of nitrogens with zero attached hydrogens (tertiary/aromatic N) is 1. The van der Waals surface area contributed by atoms with E-state index in [4.69, 9.17) is 0 Å². The van der Waals surface area contributed by atoms with Gasteiger partial charge in [-0.25, -0.2) is 17.2 Å². The van der Waals surface area contributed by atoms with E-state index in [2.05, 4.69) is 10.6 Å². The number of nitrogens with one attached hydrogen (secondary N) is 2. The molecule has 2 aromatic carbocycles. The van der Waals surface area contributed by atoms with Gasteiger partial charge in [-0.1, -0.05) is 18.6 Å². The van der Waals surface area contributed by atoms with Crippen molar-refractivity contribution in [2.45, 2.75) is 50.0 Å². The summed E-state index contributed by atoms with van der Waals surface area (Å²) < 4.78 is 54.2. The van der Waals surface area contributed by atoms with Gasteiger partial charge in [0, 0.05) is 25.7 Å². The van der Waals surface area contributed by atoms with E-state index in [-0.39, 0.29) is 29.8 Å².